The number of carbonyl (C=O) groups is 2. The van der Waals surface area contributed by atoms with Gasteiger partial charge in [-0.2, -0.15) is 4.31 Å². The Morgan fingerprint density at radius 3 is 2.52 bits per heavy atom. The number of carbonyl (C=O) groups excluding carboxylic acids is 1. The number of sulfonamides is 1. The number of esters is 1. The molecule has 23 heavy (non-hydrogen) atoms. The third-order valence-electron chi connectivity index (χ3n) is 3.79. The number of benzene rings is 1. The van der Waals surface area contributed by atoms with Crippen molar-refractivity contribution in [3.05, 3.63) is 29.8 Å². The molecule has 2 rings (SSSR count). The lowest BCUT2D eigenvalue weighted by atomic mass is 9.99. The Bertz CT molecular complexity index is 692. The number of hydrogen-bond donors (Lipinski definition) is 1. The van der Waals surface area contributed by atoms with Crippen molar-refractivity contribution in [3.8, 4) is 0 Å². The monoisotopic (exact) mass is 341 g/mol. The Kier molecular flexibility index (Phi) is 5.38. The minimum Gasteiger partial charge on any atom is -0.481 e. The molecule has 1 aromatic carbocycles. The Balaban J connectivity index is 2.19. The zero-order valence-corrected chi connectivity index (χ0v) is 13.6. The summed E-state index contributed by atoms with van der Waals surface area (Å²) < 4.78 is 31.4. The molecule has 126 valence electrons. The molecule has 0 radical (unpaired) electrons. The van der Waals surface area contributed by atoms with E-state index >= 15 is 0 Å². The van der Waals surface area contributed by atoms with Gasteiger partial charge in [0.15, 0.2) is 0 Å². The van der Waals surface area contributed by atoms with Crippen LogP contribution in [0.2, 0.25) is 0 Å². The molecule has 0 saturated carbocycles. The number of carboxylic acid groups (broad SMARTS) is 1. The predicted molar refractivity (Wildman–Crippen MR) is 81.5 cm³/mol. The lowest BCUT2D eigenvalue weighted by Crippen LogP contribution is -2.40. The van der Waals surface area contributed by atoms with Crippen LogP contribution in [-0.2, 0) is 19.6 Å². The molecule has 1 aliphatic heterocycles. The lowest BCUT2D eigenvalue weighted by molar-refractivity contribution is -0.142. The van der Waals surface area contributed by atoms with E-state index < -0.39 is 27.9 Å². The lowest BCUT2D eigenvalue weighted by Gasteiger charge is -2.29. The smallest absolute Gasteiger partial charge is 0.338 e. The van der Waals surface area contributed by atoms with Crippen molar-refractivity contribution in [2.75, 3.05) is 19.7 Å². The van der Waals surface area contributed by atoms with Gasteiger partial charge in [0.25, 0.3) is 0 Å². The standard InChI is InChI=1S/C15H19NO6S/c1-2-22-15(19)12-4-3-5-13(10-12)23(20,21)16-8-6-11(7-9-16)14(17)18/h3-5,10-11H,2,6-9H2,1H3,(H,17,18). The molecule has 0 atom stereocenters. The molecule has 1 heterocycles. The van der Waals surface area contributed by atoms with E-state index in [2.05, 4.69) is 0 Å². The fourth-order valence-corrected chi connectivity index (χ4v) is 4.01. The average molecular weight is 341 g/mol. The first-order valence-electron chi connectivity index (χ1n) is 7.36. The first kappa shape index (κ1) is 17.4. The number of aliphatic carboxylic acids is 1. The van der Waals surface area contributed by atoms with Crippen LogP contribution in [-0.4, -0.2) is 49.5 Å². The molecular formula is C15H19NO6S. The zero-order valence-electron chi connectivity index (χ0n) is 12.8. The van der Waals surface area contributed by atoms with E-state index in [0.29, 0.717) is 0 Å². The molecule has 1 N–H and O–H groups in total. The van der Waals surface area contributed by atoms with Gasteiger partial charge in [-0.25, -0.2) is 13.2 Å². The summed E-state index contributed by atoms with van der Waals surface area (Å²) in [6.07, 6.45) is 0.568. The maximum absolute atomic E-state index is 12.6. The highest BCUT2D eigenvalue weighted by atomic mass is 32.2. The fourth-order valence-electron chi connectivity index (χ4n) is 2.49. The van der Waals surface area contributed by atoms with E-state index in [1.807, 2.05) is 0 Å². The Hall–Kier alpha value is -1.93. The molecule has 1 aliphatic rings. The second kappa shape index (κ2) is 7.10. The molecule has 0 spiro atoms. The van der Waals surface area contributed by atoms with Crippen LogP contribution < -0.4 is 0 Å². The summed E-state index contributed by atoms with van der Waals surface area (Å²) >= 11 is 0. The van der Waals surface area contributed by atoms with Crippen molar-refractivity contribution in [1.82, 2.24) is 4.31 Å². The van der Waals surface area contributed by atoms with Gasteiger partial charge in [0.05, 0.1) is 23.0 Å². The summed E-state index contributed by atoms with van der Waals surface area (Å²) in [7, 11) is -3.75. The van der Waals surface area contributed by atoms with Gasteiger partial charge in [-0.3, -0.25) is 4.79 Å². The largest absolute Gasteiger partial charge is 0.481 e. The molecule has 1 fully saturated rings. The minimum atomic E-state index is -3.75. The van der Waals surface area contributed by atoms with Crippen molar-refractivity contribution in [2.45, 2.75) is 24.7 Å². The van der Waals surface area contributed by atoms with Crippen LogP contribution in [0.15, 0.2) is 29.2 Å². The Labute approximate surface area is 134 Å². The normalized spacial score (nSPS) is 16.9. The van der Waals surface area contributed by atoms with E-state index in [-0.39, 0.29) is 43.0 Å². The molecular weight excluding hydrogens is 322 g/mol. The minimum absolute atomic E-state index is 0.0110. The summed E-state index contributed by atoms with van der Waals surface area (Å²) in [5, 5.41) is 8.97. The first-order chi connectivity index (χ1) is 10.9. The van der Waals surface area contributed by atoms with Gasteiger partial charge in [-0.05, 0) is 38.0 Å². The molecule has 0 bridgehead atoms. The summed E-state index contributed by atoms with van der Waals surface area (Å²) in [5.41, 5.74) is 0.174. The molecule has 1 aromatic rings. The van der Waals surface area contributed by atoms with Gasteiger partial charge in [-0.1, -0.05) is 6.07 Å². The van der Waals surface area contributed by atoms with Gasteiger partial charge < -0.3 is 9.84 Å². The Morgan fingerprint density at radius 1 is 1.30 bits per heavy atom. The molecule has 0 amide bonds. The van der Waals surface area contributed by atoms with E-state index in [9.17, 15) is 18.0 Å². The maximum atomic E-state index is 12.6. The van der Waals surface area contributed by atoms with E-state index in [1.54, 1.807) is 6.92 Å². The van der Waals surface area contributed by atoms with Crippen LogP contribution in [0.4, 0.5) is 0 Å². The third-order valence-corrected chi connectivity index (χ3v) is 5.68. The molecule has 1 saturated heterocycles. The van der Waals surface area contributed by atoms with Crippen molar-refractivity contribution in [2.24, 2.45) is 5.92 Å². The van der Waals surface area contributed by atoms with E-state index in [4.69, 9.17) is 9.84 Å². The van der Waals surface area contributed by atoms with E-state index in [1.165, 1.54) is 28.6 Å². The zero-order chi connectivity index (χ0) is 17.0. The highest BCUT2D eigenvalue weighted by molar-refractivity contribution is 7.89. The maximum Gasteiger partial charge on any atom is 0.338 e. The summed E-state index contributed by atoms with van der Waals surface area (Å²) in [4.78, 5) is 22.7. The summed E-state index contributed by atoms with van der Waals surface area (Å²) in [6.45, 7) is 2.19. The van der Waals surface area contributed by atoms with Gasteiger partial charge >= 0.3 is 11.9 Å². The number of hydrogen-bond acceptors (Lipinski definition) is 5. The number of piperidine rings is 1. The van der Waals surface area contributed by atoms with Crippen molar-refractivity contribution < 1.29 is 27.9 Å². The summed E-state index contributed by atoms with van der Waals surface area (Å²) in [5.74, 6) is -1.98. The van der Waals surface area contributed by atoms with Crippen LogP contribution in [0.25, 0.3) is 0 Å². The van der Waals surface area contributed by atoms with Gasteiger partial charge in [-0.15, -0.1) is 0 Å². The van der Waals surface area contributed by atoms with Crippen LogP contribution in [0, 0.1) is 5.92 Å². The third kappa shape index (κ3) is 3.89. The van der Waals surface area contributed by atoms with Crippen molar-refractivity contribution in [3.63, 3.8) is 0 Å². The molecule has 8 heteroatoms. The highest BCUT2D eigenvalue weighted by Crippen LogP contribution is 2.24. The Morgan fingerprint density at radius 2 is 1.96 bits per heavy atom. The van der Waals surface area contributed by atoms with Crippen LogP contribution >= 0.6 is 0 Å². The SMILES string of the molecule is CCOC(=O)c1cccc(S(=O)(=O)N2CCC(C(=O)O)CC2)c1. The van der Waals surface area contributed by atoms with Crippen LogP contribution in [0.1, 0.15) is 30.1 Å². The first-order valence-corrected chi connectivity index (χ1v) is 8.80. The molecule has 0 aromatic heterocycles. The van der Waals surface area contributed by atoms with Gasteiger partial charge in [0, 0.05) is 13.1 Å². The second-order valence-electron chi connectivity index (χ2n) is 5.26. The second-order valence-corrected chi connectivity index (χ2v) is 7.20. The molecule has 7 nitrogen and oxygen atoms in total. The average Bonchev–Trinajstić information content (AvgIpc) is 2.55. The quantitative estimate of drug-likeness (QED) is 0.811. The number of carboxylic acids is 1. The van der Waals surface area contributed by atoms with E-state index in [0.717, 1.165) is 0 Å². The van der Waals surface area contributed by atoms with Crippen molar-refractivity contribution in [1.29, 1.82) is 0 Å². The number of ether oxygens (including phenoxy) is 1. The van der Waals surface area contributed by atoms with Crippen LogP contribution in [0.3, 0.4) is 0 Å². The highest BCUT2D eigenvalue weighted by Gasteiger charge is 2.32. The van der Waals surface area contributed by atoms with Crippen molar-refractivity contribution >= 4 is 22.0 Å². The van der Waals surface area contributed by atoms with Gasteiger partial charge in [0.1, 0.15) is 0 Å². The van der Waals surface area contributed by atoms with Crippen LogP contribution in [0.5, 0.6) is 0 Å². The summed E-state index contributed by atoms with van der Waals surface area (Å²) in [6, 6.07) is 5.69. The number of rotatable bonds is 5. The number of nitrogens with zero attached hydrogens (tertiary/aromatic N) is 1. The fraction of sp³-hybridized carbons (Fsp3) is 0.467. The topological polar surface area (TPSA) is 101 Å². The predicted octanol–water partition coefficient (Wildman–Crippen LogP) is 1.35. The molecule has 0 unspecified atom stereocenters. The molecule has 0 aliphatic carbocycles. The van der Waals surface area contributed by atoms with Gasteiger partial charge in [0.2, 0.25) is 10.0 Å².